The Morgan fingerprint density at radius 1 is 1.16 bits per heavy atom. The van der Waals surface area contributed by atoms with Crippen LogP contribution in [0, 0.1) is 11.6 Å². The summed E-state index contributed by atoms with van der Waals surface area (Å²) in [5, 5.41) is -0.143. The van der Waals surface area contributed by atoms with E-state index in [1.165, 1.54) is 24.0 Å². The van der Waals surface area contributed by atoms with Gasteiger partial charge in [-0.2, -0.15) is 0 Å². The van der Waals surface area contributed by atoms with Crippen molar-refractivity contribution in [2.75, 3.05) is 18.0 Å². The molecular formula is C16H15ClF2N2O3S. The number of rotatable bonds is 6. The van der Waals surface area contributed by atoms with Crippen molar-refractivity contribution in [2.24, 2.45) is 0 Å². The molecule has 0 aliphatic carbocycles. The van der Waals surface area contributed by atoms with Gasteiger partial charge < -0.3 is 4.90 Å². The highest BCUT2D eigenvalue weighted by Gasteiger charge is 2.17. The number of halogens is 3. The zero-order chi connectivity index (χ0) is 18.6. The van der Waals surface area contributed by atoms with Crippen LogP contribution >= 0.6 is 11.6 Å². The summed E-state index contributed by atoms with van der Waals surface area (Å²) >= 11 is 5.71. The Morgan fingerprint density at radius 2 is 1.80 bits per heavy atom. The van der Waals surface area contributed by atoms with Crippen molar-refractivity contribution in [3.8, 4) is 0 Å². The minimum Gasteiger partial charge on any atom is -0.311 e. The van der Waals surface area contributed by atoms with Crippen LogP contribution in [0.15, 0.2) is 47.4 Å². The van der Waals surface area contributed by atoms with Crippen molar-refractivity contribution in [1.29, 1.82) is 0 Å². The summed E-state index contributed by atoms with van der Waals surface area (Å²) < 4.78 is 52.7. The van der Waals surface area contributed by atoms with Crippen LogP contribution in [-0.2, 0) is 14.8 Å². The summed E-state index contributed by atoms with van der Waals surface area (Å²) in [4.78, 5) is 12.9. The molecule has 0 saturated carbocycles. The summed E-state index contributed by atoms with van der Waals surface area (Å²) in [5.41, 5.74) is 0.347. The van der Waals surface area contributed by atoms with E-state index in [2.05, 4.69) is 4.72 Å². The van der Waals surface area contributed by atoms with E-state index >= 15 is 0 Å². The molecule has 2 aromatic carbocycles. The van der Waals surface area contributed by atoms with E-state index in [0.717, 1.165) is 30.3 Å². The van der Waals surface area contributed by atoms with Crippen LogP contribution in [0.3, 0.4) is 0 Å². The highest BCUT2D eigenvalue weighted by atomic mass is 35.5. The lowest BCUT2D eigenvalue weighted by Crippen LogP contribution is -2.37. The van der Waals surface area contributed by atoms with Gasteiger partial charge >= 0.3 is 0 Å². The minimum absolute atomic E-state index is 0.0116. The Kier molecular flexibility index (Phi) is 6.10. The molecule has 2 aromatic rings. The van der Waals surface area contributed by atoms with Crippen LogP contribution in [0.5, 0.6) is 0 Å². The largest absolute Gasteiger partial charge is 0.311 e. The molecule has 0 atom stereocenters. The van der Waals surface area contributed by atoms with E-state index in [1.807, 2.05) is 0 Å². The zero-order valence-corrected chi connectivity index (χ0v) is 14.7. The fraction of sp³-hybridized carbons (Fsp3) is 0.188. The summed E-state index contributed by atoms with van der Waals surface area (Å²) in [6, 6.07) is 8.13. The molecule has 0 heterocycles. The standard InChI is InChI=1S/C16H15ClF2N2O3S/c1-11(22)21(13-4-7-16(19)15(17)10-13)9-8-20-25(23,24)14-5-2-12(18)3-6-14/h2-7,10,20H,8-9H2,1H3. The van der Waals surface area contributed by atoms with Crippen molar-refractivity contribution in [3.05, 3.63) is 59.1 Å². The second kappa shape index (κ2) is 7.90. The molecule has 1 amide bonds. The lowest BCUT2D eigenvalue weighted by atomic mass is 10.2. The molecule has 0 unspecified atom stereocenters. The number of carbonyl (C=O) groups excluding carboxylic acids is 1. The van der Waals surface area contributed by atoms with Gasteiger partial charge in [-0.1, -0.05) is 11.6 Å². The maximum atomic E-state index is 13.2. The Balaban J connectivity index is 2.07. The van der Waals surface area contributed by atoms with Crippen LogP contribution in [0.4, 0.5) is 14.5 Å². The van der Waals surface area contributed by atoms with Crippen molar-refractivity contribution < 1.29 is 22.0 Å². The van der Waals surface area contributed by atoms with Crippen LogP contribution in [0.1, 0.15) is 6.92 Å². The smallest absolute Gasteiger partial charge is 0.240 e. The van der Waals surface area contributed by atoms with Gasteiger partial charge in [0.05, 0.1) is 9.92 Å². The zero-order valence-electron chi connectivity index (χ0n) is 13.2. The van der Waals surface area contributed by atoms with Gasteiger partial charge in [0.1, 0.15) is 11.6 Å². The van der Waals surface area contributed by atoms with Crippen molar-refractivity contribution in [1.82, 2.24) is 4.72 Å². The molecule has 9 heteroatoms. The van der Waals surface area contributed by atoms with Gasteiger partial charge in [-0.15, -0.1) is 0 Å². The van der Waals surface area contributed by atoms with Gasteiger partial charge in [0.25, 0.3) is 0 Å². The number of hydrogen-bond acceptors (Lipinski definition) is 3. The monoisotopic (exact) mass is 388 g/mol. The molecule has 0 bridgehead atoms. The highest BCUT2D eigenvalue weighted by Crippen LogP contribution is 2.22. The molecule has 134 valence electrons. The summed E-state index contributed by atoms with van der Waals surface area (Å²) in [6.45, 7) is 1.22. The third kappa shape index (κ3) is 4.97. The molecule has 0 saturated heterocycles. The fourth-order valence-electron chi connectivity index (χ4n) is 2.11. The average Bonchev–Trinajstić information content (AvgIpc) is 2.54. The molecule has 25 heavy (non-hydrogen) atoms. The normalized spacial score (nSPS) is 11.4. The van der Waals surface area contributed by atoms with Gasteiger partial charge in [-0.3, -0.25) is 4.79 Å². The molecule has 2 rings (SSSR count). The number of hydrogen-bond donors (Lipinski definition) is 1. The van der Waals surface area contributed by atoms with Crippen LogP contribution < -0.4 is 9.62 Å². The quantitative estimate of drug-likeness (QED) is 0.827. The van der Waals surface area contributed by atoms with Gasteiger partial charge in [-0.25, -0.2) is 21.9 Å². The third-order valence-corrected chi connectivity index (χ3v) is 5.11. The number of nitrogens with zero attached hydrogens (tertiary/aromatic N) is 1. The summed E-state index contributed by atoms with van der Waals surface area (Å²) in [6.07, 6.45) is 0. The predicted octanol–water partition coefficient (Wildman–Crippen LogP) is 2.95. The first-order valence-electron chi connectivity index (χ1n) is 7.19. The van der Waals surface area contributed by atoms with E-state index in [0.29, 0.717) is 5.69 Å². The van der Waals surface area contributed by atoms with Crippen molar-refractivity contribution in [2.45, 2.75) is 11.8 Å². The number of benzene rings is 2. The van der Waals surface area contributed by atoms with Crippen molar-refractivity contribution in [3.63, 3.8) is 0 Å². The number of anilines is 1. The van der Waals surface area contributed by atoms with E-state index in [4.69, 9.17) is 11.6 Å². The molecule has 0 radical (unpaired) electrons. The molecule has 0 fully saturated rings. The Bertz CT molecular complexity index is 873. The SMILES string of the molecule is CC(=O)N(CCNS(=O)(=O)c1ccc(F)cc1)c1ccc(F)c(Cl)c1. The van der Waals surface area contributed by atoms with Crippen LogP contribution in [0.25, 0.3) is 0 Å². The van der Waals surface area contributed by atoms with Crippen molar-refractivity contribution >= 4 is 33.2 Å². The second-order valence-corrected chi connectivity index (χ2v) is 7.29. The van der Waals surface area contributed by atoms with Gasteiger partial charge in [0.2, 0.25) is 15.9 Å². The number of amides is 1. The van der Waals surface area contributed by atoms with Gasteiger partial charge in [0, 0.05) is 25.7 Å². The first kappa shape index (κ1) is 19.3. The van der Waals surface area contributed by atoms with E-state index in [-0.39, 0.29) is 28.9 Å². The fourth-order valence-corrected chi connectivity index (χ4v) is 3.31. The molecule has 0 aromatic heterocycles. The topological polar surface area (TPSA) is 66.5 Å². The molecule has 0 aliphatic rings. The predicted molar refractivity (Wildman–Crippen MR) is 91.0 cm³/mol. The van der Waals surface area contributed by atoms with Crippen LogP contribution in [0.2, 0.25) is 5.02 Å². The molecular weight excluding hydrogens is 374 g/mol. The lowest BCUT2D eigenvalue weighted by molar-refractivity contribution is -0.116. The first-order chi connectivity index (χ1) is 11.7. The van der Waals surface area contributed by atoms with Crippen LogP contribution in [-0.4, -0.2) is 27.4 Å². The third-order valence-electron chi connectivity index (χ3n) is 3.35. The Hall–Kier alpha value is -2.03. The van der Waals surface area contributed by atoms with E-state index < -0.39 is 21.7 Å². The Labute approximate surface area is 149 Å². The van der Waals surface area contributed by atoms with E-state index in [9.17, 15) is 22.0 Å². The highest BCUT2D eigenvalue weighted by molar-refractivity contribution is 7.89. The second-order valence-electron chi connectivity index (χ2n) is 5.12. The maximum Gasteiger partial charge on any atom is 0.240 e. The minimum atomic E-state index is -3.84. The molecule has 5 nitrogen and oxygen atoms in total. The van der Waals surface area contributed by atoms with Gasteiger partial charge in [-0.05, 0) is 42.5 Å². The molecule has 0 aliphatic heterocycles. The number of carbonyl (C=O) groups is 1. The number of nitrogens with one attached hydrogen (secondary N) is 1. The van der Waals surface area contributed by atoms with E-state index in [1.54, 1.807) is 0 Å². The maximum absolute atomic E-state index is 13.2. The number of sulfonamides is 1. The lowest BCUT2D eigenvalue weighted by Gasteiger charge is -2.21. The Morgan fingerprint density at radius 3 is 2.36 bits per heavy atom. The molecule has 1 N–H and O–H groups in total. The summed E-state index contributed by atoms with van der Waals surface area (Å²) in [7, 11) is -3.84. The molecule has 0 spiro atoms. The average molecular weight is 389 g/mol. The van der Waals surface area contributed by atoms with Gasteiger partial charge in [0.15, 0.2) is 0 Å². The summed E-state index contributed by atoms with van der Waals surface area (Å²) in [5.74, 6) is -1.52. The first-order valence-corrected chi connectivity index (χ1v) is 9.05.